The fraction of sp³-hybridized carbons (Fsp3) is 0.797. The van der Waals surface area contributed by atoms with E-state index in [0.29, 0.717) is 19.4 Å². The molecule has 0 fully saturated rings. The topological polar surface area (TPSA) is 61.8 Å². The molecular weight excluding hydrogens is 789 g/mol. The van der Waals surface area contributed by atoms with E-state index in [-0.39, 0.29) is 25.2 Å². The third-order valence-corrected chi connectivity index (χ3v) is 12.0. The minimum atomic E-state index is -0.558. The van der Waals surface area contributed by atoms with Crippen LogP contribution in [0.1, 0.15) is 278 Å². The molecule has 0 aliphatic carbocycles. The number of esters is 2. The first-order valence-electron chi connectivity index (χ1n) is 27.8. The van der Waals surface area contributed by atoms with Crippen molar-refractivity contribution < 1.29 is 23.8 Å². The van der Waals surface area contributed by atoms with E-state index >= 15 is 0 Å². The fourth-order valence-corrected chi connectivity index (χ4v) is 7.91. The monoisotopic (exact) mass is 895 g/mol. The van der Waals surface area contributed by atoms with Gasteiger partial charge in [0.2, 0.25) is 0 Å². The Morgan fingerprint density at radius 2 is 0.703 bits per heavy atom. The highest BCUT2D eigenvalue weighted by Gasteiger charge is 2.17. The van der Waals surface area contributed by atoms with Crippen LogP contribution in [0.15, 0.2) is 60.8 Å². The first-order valence-corrected chi connectivity index (χ1v) is 27.8. The number of unbranched alkanes of at least 4 members (excludes halogenated alkanes) is 30. The number of carbonyl (C=O) groups excluding carboxylic acids is 2. The smallest absolute Gasteiger partial charge is 0.306 e. The van der Waals surface area contributed by atoms with Crippen molar-refractivity contribution in [1.29, 1.82) is 0 Å². The van der Waals surface area contributed by atoms with E-state index in [9.17, 15) is 9.59 Å². The van der Waals surface area contributed by atoms with Crippen molar-refractivity contribution in [3.8, 4) is 0 Å². The maximum Gasteiger partial charge on any atom is 0.306 e. The van der Waals surface area contributed by atoms with Crippen LogP contribution in [-0.4, -0.2) is 37.9 Å². The quantitative estimate of drug-likeness (QED) is 0.0346. The summed E-state index contributed by atoms with van der Waals surface area (Å²) in [6.45, 7) is 7.70. The molecule has 0 aliphatic rings. The maximum atomic E-state index is 12.8. The molecule has 5 heteroatoms. The molecule has 0 aliphatic heterocycles. The van der Waals surface area contributed by atoms with Crippen molar-refractivity contribution in [3.05, 3.63) is 60.8 Å². The molecule has 5 nitrogen and oxygen atoms in total. The summed E-state index contributed by atoms with van der Waals surface area (Å²) in [5.74, 6) is -0.439. The van der Waals surface area contributed by atoms with Crippen LogP contribution in [0.3, 0.4) is 0 Å². The summed E-state index contributed by atoms with van der Waals surface area (Å²) in [5, 5.41) is 0. The third-order valence-electron chi connectivity index (χ3n) is 12.0. The second-order valence-electron chi connectivity index (χ2n) is 18.5. The molecule has 0 amide bonds. The lowest BCUT2D eigenvalue weighted by Crippen LogP contribution is -2.30. The van der Waals surface area contributed by atoms with Gasteiger partial charge >= 0.3 is 11.9 Å². The van der Waals surface area contributed by atoms with Crippen LogP contribution in [0.5, 0.6) is 0 Å². The molecule has 0 bridgehead atoms. The van der Waals surface area contributed by atoms with Gasteiger partial charge in [0.15, 0.2) is 6.10 Å². The van der Waals surface area contributed by atoms with E-state index in [1.54, 1.807) is 0 Å². The molecule has 0 saturated heterocycles. The van der Waals surface area contributed by atoms with Crippen molar-refractivity contribution in [1.82, 2.24) is 0 Å². The minimum absolute atomic E-state index is 0.0683. The molecule has 0 N–H and O–H groups in total. The second-order valence-corrected chi connectivity index (χ2v) is 18.5. The fourth-order valence-electron chi connectivity index (χ4n) is 7.91. The van der Waals surface area contributed by atoms with E-state index in [4.69, 9.17) is 14.2 Å². The predicted molar refractivity (Wildman–Crippen MR) is 279 cm³/mol. The van der Waals surface area contributed by atoms with E-state index in [2.05, 4.69) is 81.5 Å². The van der Waals surface area contributed by atoms with Crippen molar-refractivity contribution >= 4 is 11.9 Å². The third kappa shape index (κ3) is 52.2. The van der Waals surface area contributed by atoms with Crippen LogP contribution in [-0.2, 0) is 23.8 Å². The molecule has 0 aromatic heterocycles. The highest BCUT2D eigenvalue weighted by Crippen LogP contribution is 2.15. The number of ether oxygens (including phenoxy) is 3. The van der Waals surface area contributed by atoms with Crippen LogP contribution in [0.4, 0.5) is 0 Å². The standard InChI is InChI=1S/C59H106O5/c1-4-7-10-13-16-19-22-25-28-30-32-34-37-40-43-46-49-52-58(60)63-56-57(55-62-54-51-48-45-42-39-36-33-29-26-23-20-17-14-11-8-5-2)64-59(61)53-50-47-44-41-38-35-31-27-24-21-18-15-12-9-6-3/h9,12,18,21,25,27-28,31,38,41,57H,4-8,10-11,13-17,19-20,22-24,26,29-30,32-37,39-40,42-56H2,1-3H3/b12-9-,21-18-,28-25-,31-27-,41-38-/t57-/m1/s1. The first kappa shape index (κ1) is 61.6. The largest absolute Gasteiger partial charge is 0.462 e. The Morgan fingerprint density at radius 1 is 0.359 bits per heavy atom. The van der Waals surface area contributed by atoms with Gasteiger partial charge in [-0.05, 0) is 83.5 Å². The van der Waals surface area contributed by atoms with Gasteiger partial charge in [-0.3, -0.25) is 9.59 Å². The van der Waals surface area contributed by atoms with Crippen molar-refractivity contribution in [2.24, 2.45) is 0 Å². The lowest BCUT2D eigenvalue weighted by molar-refractivity contribution is -0.163. The predicted octanol–water partition coefficient (Wildman–Crippen LogP) is 18.9. The van der Waals surface area contributed by atoms with Gasteiger partial charge in [0.05, 0.1) is 6.61 Å². The molecule has 1 atom stereocenters. The Bertz CT molecular complexity index is 1100. The van der Waals surface area contributed by atoms with Crippen molar-refractivity contribution in [2.75, 3.05) is 19.8 Å². The van der Waals surface area contributed by atoms with Crippen LogP contribution in [0, 0.1) is 0 Å². The lowest BCUT2D eigenvalue weighted by atomic mass is 10.0. The van der Waals surface area contributed by atoms with Gasteiger partial charge in [-0.25, -0.2) is 0 Å². The zero-order chi connectivity index (χ0) is 46.3. The van der Waals surface area contributed by atoms with Gasteiger partial charge in [-0.1, -0.05) is 242 Å². The van der Waals surface area contributed by atoms with Gasteiger partial charge in [0.1, 0.15) is 6.61 Å². The summed E-state index contributed by atoms with van der Waals surface area (Å²) in [6, 6.07) is 0. The molecule has 0 heterocycles. The normalized spacial score (nSPS) is 12.6. The summed E-state index contributed by atoms with van der Waals surface area (Å²) < 4.78 is 17.4. The van der Waals surface area contributed by atoms with Crippen LogP contribution < -0.4 is 0 Å². The Kier molecular flexibility index (Phi) is 52.9. The van der Waals surface area contributed by atoms with E-state index in [1.807, 2.05) is 0 Å². The zero-order valence-electron chi connectivity index (χ0n) is 42.8. The van der Waals surface area contributed by atoms with Crippen molar-refractivity contribution in [3.63, 3.8) is 0 Å². The highest BCUT2D eigenvalue weighted by atomic mass is 16.6. The summed E-state index contributed by atoms with van der Waals surface area (Å²) in [7, 11) is 0. The minimum Gasteiger partial charge on any atom is -0.462 e. The second kappa shape index (κ2) is 54.9. The number of rotatable bonds is 51. The van der Waals surface area contributed by atoms with Crippen molar-refractivity contribution in [2.45, 2.75) is 284 Å². The average molecular weight is 895 g/mol. The molecule has 0 spiro atoms. The molecule has 0 rings (SSSR count). The Morgan fingerprint density at radius 3 is 1.17 bits per heavy atom. The van der Waals surface area contributed by atoms with E-state index in [0.717, 1.165) is 77.0 Å². The Hall–Kier alpha value is -2.40. The number of hydrogen-bond acceptors (Lipinski definition) is 5. The molecule has 64 heavy (non-hydrogen) atoms. The van der Waals surface area contributed by atoms with Gasteiger partial charge < -0.3 is 14.2 Å². The van der Waals surface area contributed by atoms with Gasteiger partial charge in [0.25, 0.3) is 0 Å². The number of allylic oxidation sites excluding steroid dienone is 10. The average Bonchev–Trinajstić information content (AvgIpc) is 3.30. The van der Waals surface area contributed by atoms with Crippen LogP contribution in [0.2, 0.25) is 0 Å². The van der Waals surface area contributed by atoms with Crippen LogP contribution in [0.25, 0.3) is 0 Å². The van der Waals surface area contributed by atoms with E-state index in [1.165, 1.54) is 167 Å². The molecule has 0 radical (unpaired) electrons. The molecule has 0 aromatic rings. The highest BCUT2D eigenvalue weighted by molar-refractivity contribution is 5.70. The molecule has 0 aromatic carbocycles. The zero-order valence-corrected chi connectivity index (χ0v) is 42.8. The SMILES string of the molecule is CC/C=C\C/C=C\C/C=C\C/C=C\CCCCC(=O)O[C@H](COCCCCCCCCCCCCCCCCCC)COC(=O)CCCCCCCCC/C=C\CCCCCCCC. The summed E-state index contributed by atoms with van der Waals surface area (Å²) >= 11 is 0. The number of hydrogen-bond donors (Lipinski definition) is 0. The van der Waals surface area contributed by atoms with Gasteiger partial charge in [-0.15, -0.1) is 0 Å². The van der Waals surface area contributed by atoms with Crippen LogP contribution >= 0.6 is 0 Å². The summed E-state index contributed by atoms with van der Waals surface area (Å²) in [4.78, 5) is 25.5. The maximum absolute atomic E-state index is 12.8. The summed E-state index contributed by atoms with van der Waals surface area (Å²) in [6.07, 6.45) is 69.5. The molecule has 372 valence electrons. The van der Waals surface area contributed by atoms with E-state index < -0.39 is 6.10 Å². The molecular formula is C59H106O5. The lowest BCUT2D eigenvalue weighted by Gasteiger charge is -2.18. The summed E-state index contributed by atoms with van der Waals surface area (Å²) in [5.41, 5.74) is 0. The molecule has 0 unspecified atom stereocenters. The Labute approximate surface area is 398 Å². The first-order chi connectivity index (χ1) is 31.6. The number of carbonyl (C=O) groups is 2. The van der Waals surface area contributed by atoms with Gasteiger partial charge in [-0.2, -0.15) is 0 Å². The van der Waals surface area contributed by atoms with Gasteiger partial charge in [0, 0.05) is 19.4 Å². The molecule has 0 saturated carbocycles. The Balaban J connectivity index is 4.31.